The van der Waals surface area contributed by atoms with Crippen LogP contribution in [0.5, 0.6) is 0 Å². The maximum Gasteiger partial charge on any atom is 0.0233 e. The van der Waals surface area contributed by atoms with Crippen LogP contribution in [0.1, 0.15) is 43.2 Å². The molecule has 0 spiro atoms. The van der Waals surface area contributed by atoms with Gasteiger partial charge in [-0.25, -0.2) is 0 Å². The summed E-state index contributed by atoms with van der Waals surface area (Å²) in [6.45, 7) is 4.50. The van der Waals surface area contributed by atoms with Gasteiger partial charge in [0.15, 0.2) is 0 Å². The zero-order valence-electron chi connectivity index (χ0n) is 12.3. The first-order valence-electron chi connectivity index (χ1n) is 7.44. The highest BCUT2D eigenvalue weighted by atomic mass is 79.9. The molecule has 2 heteroatoms. The van der Waals surface area contributed by atoms with Gasteiger partial charge in [-0.3, -0.25) is 0 Å². The number of benzene rings is 1. The number of nitrogens with zero attached hydrogens (tertiary/aromatic N) is 1. The molecule has 0 aromatic heterocycles. The minimum absolute atomic E-state index is 0.510. The van der Waals surface area contributed by atoms with E-state index in [-0.39, 0.29) is 0 Å². The summed E-state index contributed by atoms with van der Waals surface area (Å²) in [5.41, 5.74) is 3.38. The van der Waals surface area contributed by atoms with E-state index in [0.29, 0.717) is 5.41 Å². The third-order valence-corrected chi connectivity index (χ3v) is 5.69. The second-order valence-electron chi connectivity index (χ2n) is 6.29. The molecule has 1 aromatic rings. The standard InChI is InChI=1S/C17H26BrN/c1-15-8-4-5-9-16(15)12-19(2)14-17(13-18)10-6-3-7-11-17/h4-5,8-9H,3,6-7,10-14H2,1-2H3. The molecule has 0 unspecified atom stereocenters. The van der Waals surface area contributed by atoms with Crippen molar-refractivity contribution < 1.29 is 0 Å². The summed E-state index contributed by atoms with van der Waals surface area (Å²) in [6.07, 6.45) is 7.01. The number of aryl methyl sites for hydroxylation is 1. The molecule has 0 heterocycles. The van der Waals surface area contributed by atoms with Crippen molar-refractivity contribution in [3.63, 3.8) is 0 Å². The summed E-state index contributed by atoms with van der Waals surface area (Å²) in [7, 11) is 2.27. The number of rotatable bonds is 5. The van der Waals surface area contributed by atoms with Gasteiger partial charge in [-0.15, -0.1) is 0 Å². The Kier molecular flexibility index (Phi) is 5.47. The number of halogens is 1. The van der Waals surface area contributed by atoms with Gasteiger partial charge in [-0.2, -0.15) is 0 Å². The van der Waals surface area contributed by atoms with Crippen molar-refractivity contribution in [3.8, 4) is 0 Å². The first kappa shape index (κ1) is 15.1. The van der Waals surface area contributed by atoms with E-state index in [9.17, 15) is 0 Å². The van der Waals surface area contributed by atoms with Crippen molar-refractivity contribution in [1.82, 2.24) is 4.90 Å². The Hall–Kier alpha value is -0.340. The largest absolute Gasteiger partial charge is 0.302 e. The molecule has 1 aromatic carbocycles. The van der Waals surface area contributed by atoms with Crippen molar-refractivity contribution in [2.45, 2.75) is 45.6 Å². The van der Waals surface area contributed by atoms with Crippen LogP contribution < -0.4 is 0 Å². The van der Waals surface area contributed by atoms with Crippen molar-refractivity contribution in [3.05, 3.63) is 35.4 Å². The number of hydrogen-bond acceptors (Lipinski definition) is 1. The minimum Gasteiger partial charge on any atom is -0.302 e. The van der Waals surface area contributed by atoms with Crippen LogP contribution in [-0.2, 0) is 6.54 Å². The van der Waals surface area contributed by atoms with E-state index >= 15 is 0 Å². The van der Waals surface area contributed by atoms with E-state index in [2.05, 4.69) is 59.1 Å². The van der Waals surface area contributed by atoms with Crippen LogP contribution in [0.3, 0.4) is 0 Å². The number of hydrogen-bond donors (Lipinski definition) is 0. The molecular weight excluding hydrogens is 298 g/mol. The van der Waals surface area contributed by atoms with Gasteiger partial charge in [0.1, 0.15) is 0 Å². The first-order chi connectivity index (χ1) is 9.15. The lowest BCUT2D eigenvalue weighted by Gasteiger charge is -2.39. The molecule has 0 aliphatic heterocycles. The van der Waals surface area contributed by atoms with E-state index < -0.39 is 0 Å². The molecule has 2 rings (SSSR count). The summed E-state index contributed by atoms with van der Waals surface area (Å²) in [6, 6.07) is 8.74. The SMILES string of the molecule is Cc1ccccc1CN(C)CC1(CBr)CCCCC1. The van der Waals surface area contributed by atoms with Gasteiger partial charge >= 0.3 is 0 Å². The zero-order chi connectivity index (χ0) is 13.7. The summed E-state index contributed by atoms with van der Waals surface area (Å²) in [4.78, 5) is 2.51. The van der Waals surface area contributed by atoms with Gasteiger partial charge in [-0.05, 0) is 43.4 Å². The van der Waals surface area contributed by atoms with Gasteiger partial charge in [-0.1, -0.05) is 59.5 Å². The van der Waals surface area contributed by atoms with Crippen LogP contribution >= 0.6 is 15.9 Å². The van der Waals surface area contributed by atoms with E-state index in [0.717, 1.165) is 11.9 Å². The molecule has 1 aliphatic rings. The molecule has 1 aliphatic carbocycles. The molecule has 0 amide bonds. The van der Waals surface area contributed by atoms with Crippen LogP contribution in [0.4, 0.5) is 0 Å². The smallest absolute Gasteiger partial charge is 0.0233 e. The lowest BCUT2D eigenvalue weighted by molar-refractivity contribution is 0.141. The molecule has 19 heavy (non-hydrogen) atoms. The Labute approximate surface area is 126 Å². The zero-order valence-corrected chi connectivity index (χ0v) is 13.9. The lowest BCUT2D eigenvalue weighted by atomic mass is 9.75. The molecule has 1 saturated carbocycles. The van der Waals surface area contributed by atoms with Crippen LogP contribution in [0.15, 0.2) is 24.3 Å². The predicted molar refractivity (Wildman–Crippen MR) is 86.8 cm³/mol. The molecule has 106 valence electrons. The van der Waals surface area contributed by atoms with Crippen LogP contribution in [0.2, 0.25) is 0 Å². The maximum absolute atomic E-state index is 3.77. The van der Waals surface area contributed by atoms with Crippen LogP contribution in [0.25, 0.3) is 0 Å². The Balaban J connectivity index is 1.96. The predicted octanol–water partition coefficient (Wildman–Crippen LogP) is 4.77. The topological polar surface area (TPSA) is 3.24 Å². The molecule has 0 saturated heterocycles. The Morgan fingerprint density at radius 1 is 1.16 bits per heavy atom. The van der Waals surface area contributed by atoms with Gasteiger partial charge in [0.2, 0.25) is 0 Å². The minimum atomic E-state index is 0.510. The molecule has 0 N–H and O–H groups in total. The average molecular weight is 324 g/mol. The summed E-state index contributed by atoms with van der Waals surface area (Å²) in [5, 5.41) is 1.15. The first-order valence-corrected chi connectivity index (χ1v) is 8.56. The Bertz CT molecular complexity index is 396. The van der Waals surface area contributed by atoms with Gasteiger partial charge in [0.25, 0.3) is 0 Å². The summed E-state index contributed by atoms with van der Waals surface area (Å²) >= 11 is 3.77. The third kappa shape index (κ3) is 4.06. The normalized spacial score (nSPS) is 18.7. The molecule has 1 fully saturated rings. The van der Waals surface area contributed by atoms with Crippen molar-refractivity contribution >= 4 is 15.9 Å². The molecule has 0 radical (unpaired) electrons. The highest BCUT2D eigenvalue weighted by Gasteiger charge is 2.31. The molecule has 0 bridgehead atoms. The fraction of sp³-hybridized carbons (Fsp3) is 0.647. The van der Waals surface area contributed by atoms with Crippen molar-refractivity contribution in [2.24, 2.45) is 5.41 Å². The van der Waals surface area contributed by atoms with Gasteiger partial charge in [0, 0.05) is 18.4 Å². The second kappa shape index (κ2) is 6.90. The maximum atomic E-state index is 3.77. The monoisotopic (exact) mass is 323 g/mol. The van der Waals surface area contributed by atoms with Crippen LogP contribution in [0, 0.1) is 12.3 Å². The Morgan fingerprint density at radius 2 is 1.84 bits per heavy atom. The number of alkyl halides is 1. The van der Waals surface area contributed by atoms with E-state index in [1.54, 1.807) is 0 Å². The molecular formula is C17H26BrN. The highest BCUT2D eigenvalue weighted by molar-refractivity contribution is 9.09. The van der Waals surface area contributed by atoms with Crippen molar-refractivity contribution in [1.29, 1.82) is 0 Å². The van der Waals surface area contributed by atoms with Crippen molar-refractivity contribution in [2.75, 3.05) is 18.9 Å². The quantitative estimate of drug-likeness (QED) is 0.705. The van der Waals surface area contributed by atoms with Crippen LogP contribution in [-0.4, -0.2) is 23.8 Å². The van der Waals surface area contributed by atoms with E-state index in [1.807, 2.05) is 0 Å². The average Bonchev–Trinajstić information content (AvgIpc) is 2.42. The summed E-state index contributed by atoms with van der Waals surface area (Å²) in [5.74, 6) is 0. The lowest BCUT2D eigenvalue weighted by Crippen LogP contribution is -2.38. The van der Waals surface area contributed by atoms with E-state index in [4.69, 9.17) is 0 Å². The summed E-state index contributed by atoms with van der Waals surface area (Å²) < 4.78 is 0. The van der Waals surface area contributed by atoms with Gasteiger partial charge < -0.3 is 4.90 Å². The fourth-order valence-corrected chi connectivity index (χ4v) is 4.08. The molecule has 0 atom stereocenters. The van der Waals surface area contributed by atoms with E-state index in [1.165, 1.54) is 49.8 Å². The Morgan fingerprint density at radius 3 is 2.47 bits per heavy atom. The highest BCUT2D eigenvalue weighted by Crippen LogP contribution is 2.38. The molecule has 1 nitrogen and oxygen atoms in total. The van der Waals surface area contributed by atoms with Gasteiger partial charge in [0.05, 0.1) is 0 Å². The third-order valence-electron chi connectivity index (χ3n) is 4.50. The fourth-order valence-electron chi connectivity index (χ4n) is 3.34. The second-order valence-corrected chi connectivity index (χ2v) is 6.85.